The van der Waals surface area contributed by atoms with Crippen molar-refractivity contribution in [2.75, 3.05) is 29.9 Å². The number of hydrogen-bond donors (Lipinski definition) is 2. The third-order valence-corrected chi connectivity index (χ3v) is 4.06. The van der Waals surface area contributed by atoms with E-state index < -0.39 is 0 Å². The number of amides is 2. The highest BCUT2D eigenvalue weighted by atomic mass is 16.2. The van der Waals surface area contributed by atoms with Gasteiger partial charge in [-0.15, -0.1) is 6.58 Å². The molecule has 2 N–H and O–H groups in total. The van der Waals surface area contributed by atoms with Crippen molar-refractivity contribution in [1.29, 1.82) is 0 Å². The van der Waals surface area contributed by atoms with Crippen LogP contribution < -0.4 is 15.5 Å². The van der Waals surface area contributed by atoms with Crippen molar-refractivity contribution in [3.63, 3.8) is 0 Å². The average molecular weight is 315 g/mol. The van der Waals surface area contributed by atoms with E-state index in [4.69, 9.17) is 0 Å². The molecule has 23 heavy (non-hydrogen) atoms. The van der Waals surface area contributed by atoms with Crippen LogP contribution in [0.4, 0.5) is 11.4 Å². The third kappa shape index (κ3) is 5.43. The molecule has 0 unspecified atom stereocenters. The van der Waals surface area contributed by atoms with Crippen molar-refractivity contribution >= 4 is 23.2 Å². The molecule has 0 radical (unpaired) electrons. The molecule has 2 amide bonds. The third-order valence-electron chi connectivity index (χ3n) is 4.06. The number of piperidine rings is 1. The Hall–Kier alpha value is -2.30. The van der Waals surface area contributed by atoms with Crippen LogP contribution in [-0.2, 0) is 9.59 Å². The summed E-state index contributed by atoms with van der Waals surface area (Å²) in [5.74, 6) is 0.185. The maximum absolute atomic E-state index is 11.8. The molecule has 1 aromatic carbocycles. The van der Waals surface area contributed by atoms with Crippen LogP contribution in [0.2, 0.25) is 0 Å². The first-order valence-corrected chi connectivity index (χ1v) is 8.11. The van der Waals surface area contributed by atoms with Crippen LogP contribution in [-0.4, -0.2) is 31.4 Å². The number of anilines is 2. The van der Waals surface area contributed by atoms with Crippen LogP contribution >= 0.6 is 0 Å². The van der Waals surface area contributed by atoms with Crippen molar-refractivity contribution < 1.29 is 9.59 Å². The Morgan fingerprint density at radius 1 is 1.22 bits per heavy atom. The summed E-state index contributed by atoms with van der Waals surface area (Å²) in [6.07, 6.45) is 3.84. The summed E-state index contributed by atoms with van der Waals surface area (Å²) in [5.41, 5.74) is 1.89. The molecule has 0 aromatic heterocycles. The normalized spacial score (nSPS) is 15.1. The molecular weight excluding hydrogens is 290 g/mol. The average Bonchev–Trinajstić information content (AvgIpc) is 2.54. The van der Waals surface area contributed by atoms with Gasteiger partial charge in [-0.2, -0.15) is 0 Å². The van der Waals surface area contributed by atoms with Crippen LogP contribution in [0.25, 0.3) is 0 Å². The lowest BCUT2D eigenvalue weighted by Gasteiger charge is -2.32. The Balaban J connectivity index is 1.83. The van der Waals surface area contributed by atoms with Gasteiger partial charge in [0.05, 0.1) is 0 Å². The van der Waals surface area contributed by atoms with Crippen molar-refractivity contribution in [3.8, 4) is 0 Å². The maximum atomic E-state index is 11.8. The van der Waals surface area contributed by atoms with E-state index in [0.29, 0.717) is 12.2 Å². The quantitative estimate of drug-likeness (QED) is 0.626. The molecule has 1 aromatic rings. The Kier molecular flexibility index (Phi) is 6.20. The van der Waals surface area contributed by atoms with Crippen LogP contribution in [0.5, 0.6) is 0 Å². The minimum absolute atomic E-state index is 0.181. The van der Waals surface area contributed by atoms with Gasteiger partial charge < -0.3 is 15.5 Å². The maximum Gasteiger partial charge on any atom is 0.233 e. The molecule has 1 aliphatic heterocycles. The predicted molar refractivity (Wildman–Crippen MR) is 93.5 cm³/mol. The molecule has 1 heterocycles. The molecule has 1 saturated heterocycles. The van der Waals surface area contributed by atoms with Crippen LogP contribution in [0.15, 0.2) is 36.9 Å². The molecular formula is C18H25N3O2. The van der Waals surface area contributed by atoms with Crippen LogP contribution in [0.3, 0.4) is 0 Å². The molecule has 0 spiro atoms. The number of nitrogens with zero attached hydrogens (tertiary/aromatic N) is 1. The van der Waals surface area contributed by atoms with Gasteiger partial charge in [-0.05, 0) is 43.0 Å². The lowest BCUT2D eigenvalue weighted by Crippen LogP contribution is -2.32. The summed E-state index contributed by atoms with van der Waals surface area (Å²) in [6.45, 7) is 8.33. The van der Waals surface area contributed by atoms with Crippen molar-refractivity contribution in [2.45, 2.75) is 26.2 Å². The zero-order valence-corrected chi connectivity index (χ0v) is 13.7. The lowest BCUT2D eigenvalue weighted by atomic mass is 9.99. The molecule has 2 rings (SSSR count). The molecule has 5 nitrogen and oxygen atoms in total. The highest BCUT2D eigenvalue weighted by molar-refractivity contribution is 6.03. The Morgan fingerprint density at radius 2 is 1.87 bits per heavy atom. The standard InChI is InChI=1S/C18H25N3O2/c1-3-10-19-17(22)13-18(23)20-15-4-6-16(7-5-15)21-11-8-14(2)9-12-21/h3-7,14H,1,8-13H2,2H3,(H,19,22)(H,20,23). The fourth-order valence-electron chi connectivity index (χ4n) is 2.62. The second kappa shape index (κ2) is 8.36. The minimum Gasteiger partial charge on any atom is -0.372 e. The molecule has 0 saturated carbocycles. The van der Waals surface area contributed by atoms with Gasteiger partial charge in [0.1, 0.15) is 6.42 Å². The number of nitrogens with one attached hydrogen (secondary N) is 2. The van der Waals surface area contributed by atoms with Crippen molar-refractivity contribution in [1.82, 2.24) is 5.32 Å². The van der Waals surface area contributed by atoms with Gasteiger partial charge in [-0.25, -0.2) is 0 Å². The first-order valence-electron chi connectivity index (χ1n) is 8.11. The second-order valence-electron chi connectivity index (χ2n) is 6.03. The summed E-state index contributed by atoms with van der Waals surface area (Å²) in [7, 11) is 0. The zero-order valence-electron chi connectivity index (χ0n) is 13.7. The smallest absolute Gasteiger partial charge is 0.233 e. The summed E-state index contributed by atoms with van der Waals surface area (Å²) >= 11 is 0. The van der Waals surface area contributed by atoms with Crippen LogP contribution in [0.1, 0.15) is 26.2 Å². The summed E-state index contributed by atoms with van der Waals surface area (Å²) in [6, 6.07) is 7.80. The summed E-state index contributed by atoms with van der Waals surface area (Å²) < 4.78 is 0. The number of carbonyl (C=O) groups is 2. The van der Waals surface area contributed by atoms with Gasteiger partial charge in [-0.3, -0.25) is 9.59 Å². The summed E-state index contributed by atoms with van der Waals surface area (Å²) in [5, 5.41) is 5.32. The van der Waals surface area contributed by atoms with E-state index in [-0.39, 0.29) is 18.2 Å². The fraction of sp³-hybridized carbons (Fsp3) is 0.444. The SMILES string of the molecule is C=CCNC(=O)CC(=O)Nc1ccc(N2CCC(C)CC2)cc1. The molecule has 0 atom stereocenters. The van der Waals surface area contributed by atoms with E-state index in [9.17, 15) is 9.59 Å². The zero-order chi connectivity index (χ0) is 16.7. The van der Waals surface area contributed by atoms with Crippen molar-refractivity contribution in [2.24, 2.45) is 5.92 Å². The molecule has 1 fully saturated rings. The van der Waals surface area contributed by atoms with E-state index in [0.717, 1.165) is 19.0 Å². The second-order valence-corrected chi connectivity index (χ2v) is 6.03. The first kappa shape index (κ1) is 17.1. The molecule has 0 bridgehead atoms. The van der Waals surface area contributed by atoms with E-state index in [2.05, 4.69) is 29.0 Å². The molecule has 0 aliphatic carbocycles. The topological polar surface area (TPSA) is 61.4 Å². The number of hydrogen-bond acceptors (Lipinski definition) is 3. The van der Waals surface area contributed by atoms with E-state index >= 15 is 0 Å². The van der Waals surface area contributed by atoms with E-state index in [1.54, 1.807) is 6.08 Å². The largest absolute Gasteiger partial charge is 0.372 e. The number of benzene rings is 1. The fourth-order valence-corrected chi connectivity index (χ4v) is 2.62. The van der Waals surface area contributed by atoms with Gasteiger partial charge in [0.2, 0.25) is 11.8 Å². The minimum atomic E-state index is -0.314. The Bertz CT molecular complexity index is 546. The monoisotopic (exact) mass is 315 g/mol. The lowest BCUT2D eigenvalue weighted by molar-refractivity contribution is -0.126. The first-order chi connectivity index (χ1) is 11.1. The van der Waals surface area contributed by atoms with E-state index in [1.807, 2.05) is 24.3 Å². The number of carbonyl (C=O) groups excluding carboxylic acids is 2. The molecule has 5 heteroatoms. The van der Waals surface area contributed by atoms with Gasteiger partial charge in [0, 0.05) is 31.0 Å². The molecule has 124 valence electrons. The highest BCUT2D eigenvalue weighted by Crippen LogP contribution is 2.24. The van der Waals surface area contributed by atoms with Crippen LogP contribution in [0, 0.1) is 5.92 Å². The van der Waals surface area contributed by atoms with Gasteiger partial charge in [0.15, 0.2) is 0 Å². The van der Waals surface area contributed by atoms with Gasteiger partial charge in [-0.1, -0.05) is 13.0 Å². The Labute approximate surface area is 137 Å². The molecule has 1 aliphatic rings. The number of rotatable bonds is 6. The predicted octanol–water partition coefficient (Wildman–Crippen LogP) is 2.55. The van der Waals surface area contributed by atoms with Gasteiger partial charge in [0.25, 0.3) is 0 Å². The van der Waals surface area contributed by atoms with E-state index in [1.165, 1.54) is 18.5 Å². The highest BCUT2D eigenvalue weighted by Gasteiger charge is 2.16. The summed E-state index contributed by atoms with van der Waals surface area (Å²) in [4.78, 5) is 25.6. The van der Waals surface area contributed by atoms with Gasteiger partial charge >= 0.3 is 0 Å². The Morgan fingerprint density at radius 3 is 2.48 bits per heavy atom. The van der Waals surface area contributed by atoms with Crippen molar-refractivity contribution in [3.05, 3.63) is 36.9 Å².